The lowest BCUT2D eigenvalue weighted by molar-refractivity contribution is 0.374. The molecule has 1 aliphatic heterocycles. The number of rotatable bonds is 2. The maximum absolute atomic E-state index is 6.68. The Balaban J connectivity index is 1.25. The first kappa shape index (κ1) is 25.4. The smallest absolute Gasteiger partial charge is 0.131 e. The topological polar surface area (TPSA) is 60.8 Å². The molecule has 2 aliphatic carbocycles. The van der Waals surface area contributed by atoms with Crippen LogP contribution in [0.4, 0.5) is 0 Å². The van der Waals surface area contributed by atoms with E-state index in [4.69, 9.17) is 24.7 Å². The third-order valence-corrected chi connectivity index (χ3v) is 9.90. The summed E-state index contributed by atoms with van der Waals surface area (Å²) in [5.41, 5.74) is 11.7. The van der Waals surface area contributed by atoms with Crippen LogP contribution in [0.1, 0.15) is 28.2 Å². The molecule has 3 atom stereocenters. The van der Waals surface area contributed by atoms with E-state index in [1.807, 2.05) is 60.9 Å². The molecule has 0 bridgehead atoms. The van der Waals surface area contributed by atoms with Crippen molar-refractivity contribution in [1.29, 1.82) is 0 Å². The molecule has 0 saturated carbocycles. The van der Waals surface area contributed by atoms with Gasteiger partial charge in [0.25, 0.3) is 0 Å². The summed E-state index contributed by atoms with van der Waals surface area (Å²) in [4.78, 5) is 19.5. The molecule has 5 heteroatoms. The second-order valence-corrected chi connectivity index (χ2v) is 12.2. The Hall–Kier alpha value is -5.94. The van der Waals surface area contributed by atoms with Crippen molar-refractivity contribution >= 4 is 22.1 Å². The van der Waals surface area contributed by atoms with Crippen LogP contribution in [-0.4, -0.2) is 19.9 Å². The highest BCUT2D eigenvalue weighted by Crippen LogP contribution is 2.65. The Kier molecular flexibility index (Phi) is 5.26. The van der Waals surface area contributed by atoms with Crippen molar-refractivity contribution in [3.63, 3.8) is 0 Å². The van der Waals surface area contributed by atoms with Crippen LogP contribution < -0.4 is 4.74 Å². The Morgan fingerprint density at radius 3 is 1.85 bits per heavy atom. The van der Waals surface area contributed by atoms with Gasteiger partial charge in [-0.2, -0.15) is 0 Å². The van der Waals surface area contributed by atoms with Gasteiger partial charge in [0.15, 0.2) is 0 Å². The third kappa shape index (κ3) is 3.51. The molecule has 3 unspecified atom stereocenters. The molecule has 0 fully saturated rings. The summed E-state index contributed by atoms with van der Waals surface area (Å²) in [5, 5.41) is 0. The fourth-order valence-corrected chi connectivity index (χ4v) is 7.92. The molecule has 5 nitrogen and oxygen atoms in total. The van der Waals surface area contributed by atoms with Gasteiger partial charge in [0.2, 0.25) is 0 Å². The monoisotopic (exact) mass is 590 g/mol. The molecule has 46 heavy (non-hydrogen) atoms. The molecule has 0 saturated heterocycles. The van der Waals surface area contributed by atoms with Gasteiger partial charge in [0, 0.05) is 34.1 Å². The van der Waals surface area contributed by atoms with Crippen LogP contribution in [0.2, 0.25) is 0 Å². The highest BCUT2D eigenvalue weighted by molar-refractivity contribution is 5.80. The number of para-hydroxylation sites is 5. The van der Waals surface area contributed by atoms with Crippen LogP contribution in [0.3, 0.4) is 0 Å². The van der Waals surface area contributed by atoms with E-state index in [2.05, 4.69) is 85.0 Å². The predicted molar refractivity (Wildman–Crippen MR) is 181 cm³/mol. The first-order chi connectivity index (χ1) is 22.8. The summed E-state index contributed by atoms with van der Waals surface area (Å²) < 4.78 is 6.68. The van der Waals surface area contributed by atoms with Crippen molar-refractivity contribution in [3.8, 4) is 34.0 Å². The highest BCUT2D eigenvalue weighted by atomic mass is 16.5. The molecule has 2 aromatic heterocycles. The van der Waals surface area contributed by atoms with E-state index in [9.17, 15) is 0 Å². The Labute approximate surface area is 265 Å². The number of allylic oxidation sites excluding steroid dienone is 4. The SMILES string of the molecule is C1=CC2c3ccc(-c4cnc5ccccc5n4)cc3C3(c4ccccc4Oc4ccc(-c5cnc6ccccc6n5)cc43)C2C=C1. The minimum Gasteiger partial charge on any atom is -0.457 e. The van der Waals surface area contributed by atoms with Crippen molar-refractivity contribution in [2.24, 2.45) is 5.92 Å². The second kappa shape index (κ2) is 9.53. The summed E-state index contributed by atoms with van der Waals surface area (Å²) in [6, 6.07) is 37.9. The van der Waals surface area contributed by atoms with E-state index in [1.54, 1.807) is 0 Å². The van der Waals surface area contributed by atoms with E-state index < -0.39 is 5.41 Å². The van der Waals surface area contributed by atoms with Crippen LogP contribution >= 0.6 is 0 Å². The van der Waals surface area contributed by atoms with Gasteiger partial charge in [-0.25, -0.2) is 9.97 Å². The summed E-state index contributed by atoms with van der Waals surface area (Å²) >= 11 is 0. The molecule has 3 heterocycles. The van der Waals surface area contributed by atoms with Crippen molar-refractivity contribution in [2.45, 2.75) is 11.3 Å². The van der Waals surface area contributed by atoms with Gasteiger partial charge < -0.3 is 4.74 Å². The molecule has 5 aromatic carbocycles. The largest absolute Gasteiger partial charge is 0.457 e. The van der Waals surface area contributed by atoms with Crippen LogP contribution in [0.15, 0.2) is 146 Å². The molecular formula is C41H26N4O. The summed E-state index contributed by atoms with van der Waals surface area (Å²) in [6.07, 6.45) is 12.9. The van der Waals surface area contributed by atoms with Gasteiger partial charge >= 0.3 is 0 Å². The Bertz CT molecular complexity index is 2450. The zero-order valence-electron chi connectivity index (χ0n) is 24.7. The molecule has 7 aromatic rings. The molecule has 216 valence electrons. The van der Waals surface area contributed by atoms with Crippen molar-refractivity contribution in [2.75, 3.05) is 0 Å². The summed E-state index contributed by atoms with van der Waals surface area (Å²) in [5.74, 6) is 2.10. The molecule has 1 spiro atoms. The van der Waals surface area contributed by atoms with Crippen LogP contribution in [0.25, 0.3) is 44.6 Å². The number of hydrogen-bond acceptors (Lipinski definition) is 5. The van der Waals surface area contributed by atoms with Crippen LogP contribution in [0.5, 0.6) is 11.5 Å². The number of nitrogens with zero attached hydrogens (tertiary/aromatic N) is 4. The fourth-order valence-electron chi connectivity index (χ4n) is 7.92. The third-order valence-electron chi connectivity index (χ3n) is 9.90. The van der Waals surface area contributed by atoms with E-state index in [0.717, 1.165) is 61.6 Å². The quantitative estimate of drug-likeness (QED) is 0.201. The van der Waals surface area contributed by atoms with Gasteiger partial charge in [-0.05, 0) is 65.7 Å². The van der Waals surface area contributed by atoms with Gasteiger partial charge in [0.05, 0.1) is 51.3 Å². The number of benzene rings is 5. The van der Waals surface area contributed by atoms with Crippen molar-refractivity contribution in [3.05, 3.63) is 168 Å². The first-order valence-electron chi connectivity index (χ1n) is 15.6. The molecule has 0 radical (unpaired) electrons. The lowest BCUT2D eigenvalue weighted by atomic mass is 9.61. The molecule has 0 N–H and O–H groups in total. The minimum atomic E-state index is -0.508. The molecule has 3 aliphatic rings. The van der Waals surface area contributed by atoms with Crippen LogP contribution in [0, 0.1) is 5.92 Å². The number of aromatic nitrogens is 4. The normalized spacial score (nSPS) is 20.3. The average Bonchev–Trinajstić information content (AvgIpc) is 3.41. The minimum absolute atomic E-state index is 0.146. The number of ether oxygens (including phenoxy) is 1. The number of hydrogen-bond donors (Lipinski definition) is 0. The highest BCUT2D eigenvalue weighted by Gasteiger charge is 2.56. The van der Waals surface area contributed by atoms with Gasteiger partial charge in [-0.3, -0.25) is 9.97 Å². The van der Waals surface area contributed by atoms with E-state index >= 15 is 0 Å². The zero-order chi connectivity index (χ0) is 30.2. The maximum atomic E-state index is 6.68. The fraction of sp³-hybridized carbons (Fsp3) is 0.0732. The standard InChI is InChI=1S/C41H26N4O/c1-2-10-29-27(9-1)28-19-17-25(37-23-42-33-12-4-6-14-35(33)44-37)21-31(28)41(29)30-11-3-8-16-39(30)46-40-20-18-26(22-32(40)41)38-24-43-34-13-5-7-15-36(34)45-38/h1-24,27,29H. The number of fused-ring (bicyclic) bond motifs is 11. The van der Waals surface area contributed by atoms with E-state index in [0.29, 0.717) is 0 Å². The lowest BCUT2D eigenvalue weighted by Crippen LogP contribution is -2.37. The van der Waals surface area contributed by atoms with E-state index in [-0.39, 0.29) is 11.8 Å². The Morgan fingerprint density at radius 2 is 1.11 bits per heavy atom. The predicted octanol–water partition coefficient (Wildman–Crippen LogP) is 9.19. The summed E-state index contributed by atoms with van der Waals surface area (Å²) in [7, 11) is 0. The van der Waals surface area contributed by atoms with Gasteiger partial charge in [-0.15, -0.1) is 0 Å². The zero-order valence-corrected chi connectivity index (χ0v) is 24.7. The van der Waals surface area contributed by atoms with Crippen LogP contribution in [-0.2, 0) is 5.41 Å². The molecular weight excluding hydrogens is 564 g/mol. The summed E-state index contributed by atoms with van der Waals surface area (Å²) in [6.45, 7) is 0. The van der Waals surface area contributed by atoms with Crippen molar-refractivity contribution in [1.82, 2.24) is 19.9 Å². The van der Waals surface area contributed by atoms with E-state index in [1.165, 1.54) is 16.7 Å². The van der Waals surface area contributed by atoms with Gasteiger partial charge in [0.1, 0.15) is 11.5 Å². The lowest BCUT2D eigenvalue weighted by Gasteiger charge is -2.43. The average molecular weight is 591 g/mol. The van der Waals surface area contributed by atoms with Gasteiger partial charge in [-0.1, -0.05) is 78.9 Å². The van der Waals surface area contributed by atoms with Crippen molar-refractivity contribution < 1.29 is 4.74 Å². The molecule has 0 amide bonds. The Morgan fingerprint density at radius 1 is 0.522 bits per heavy atom. The first-order valence-corrected chi connectivity index (χ1v) is 15.6. The molecule has 10 rings (SSSR count). The maximum Gasteiger partial charge on any atom is 0.131 e. The second-order valence-electron chi connectivity index (χ2n) is 12.2.